The van der Waals surface area contributed by atoms with Crippen molar-refractivity contribution >= 4 is 73.3 Å². The highest BCUT2D eigenvalue weighted by atomic mass is 79.9. The molecule has 0 fully saturated rings. The standard InChI is InChI=1S/C29H20BrCl2N3O5/c1-2-39-26-12-17(10-20(15-33)29(36)34-27-24(31)13-21(35(37)38)14-25(27)32)11-23(30)28(26)40-16-19-8-5-7-18-6-3-4-9-22(18)19/h3-14H,2,16H2,1H3,(H,34,36)/b20-10+. The minimum absolute atomic E-state index is 0.0477. The molecule has 8 nitrogen and oxygen atoms in total. The number of carbonyl (C=O) groups is 1. The van der Waals surface area contributed by atoms with Crippen LogP contribution in [0, 0.1) is 21.4 Å². The van der Waals surface area contributed by atoms with Gasteiger partial charge in [0.2, 0.25) is 0 Å². The van der Waals surface area contributed by atoms with Crippen LogP contribution in [0.4, 0.5) is 11.4 Å². The average Bonchev–Trinajstić information content (AvgIpc) is 2.93. The summed E-state index contributed by atoms with van der Waals surface area (Å²) in [7, 11) is 0. The number of benzene rings is 4. The average molecular weight is 641 g/mol. The zero-order valence-corrected chi connectivity index (χ0v) is 24.0. The van der Waals surface area contributed by atoms with Crippen LogP contribution >= 0.6 is 39.1 Å². The molecule has 4 rings (SSSR count). The van der Waals surface area contributed by atoms with Gasteiger partial charge in [0.05, 0.1) is 31.7 Å². The van der Waals surface area contributed by atoms with Crippen LogP contribution in [-0.2, 0) is 11.4 Å². The van der Waals surface area contributed by atoms with E-state index in [4.69, 9.17) is 32.7 Å². The van der Waals surface area contributed by atoms with Crippen molar-refractivity contribution < 1.29 is 19.2 Å². The Hall–Kier alpha value is -4.10. The van der Waals surface area contributed by atoms with Crippen LogP contribution in [0.1, 0.15) is 18.1 Å². The molecule has 4 aromatic rings. The minimum atomic E-state index is -0.800. The van der Waals surface area contributed by atoms with Crippen molar-refractivity contribution in [1.82, 2.24) is 0 Å². The molecule has 0 saturated carbocycles. The number of nitrogens with one attached hydrogen (secondary N) is 1. The van der Waals surface area contributed by atoms with E-state index in [1.807, 2.05) is 55.5 Å². The lowest BCUT2D eigenvalue weighted by molar-refractivity contribution is -0.384. The summed E-state index contributed by atoms with van der Waals surface area (Å²) >= 11 is 15.7. The lowest BCUT2D eigenvalue weighted by Gasteiger charge is -2.16. The van der Waals surface area contributed by atoms with E-state index in [-0.39, 0.29) is 33.6 Å². The number of carbonyl (C=O) groups excluding carboxylic acids is 1. The molecule has 0 heterocycles. The van der Waals surface area contributed by atoms with Gasteiger partial charge in [-0.15, -0.1) is 0 Å². The molecule has 0 aliphatic carbocycles. The Morgan fingerprint density at radius 2 is 1.80 bits per heavy atom. The Labute approximate surface area is 248 Å². The Balaban J connectivity index is 1.60. The number of nitro benzene ring substituents is 1. The summed E-state index contributed by atoms with van der Waals surface area (Å²) in [4.78, 5) is 23.2. The molecule has 11 heteroatoms. The quantitative estimate of drug-likeness (QED) is 0.0851. The second-order valence-corrected chi connectivity index (χ2v) is 10.0. The van der Waals surface area contributed by atoms with Crippen LogP contribution in [0.15, 0.2) is 76.8 Å². The first-order valence-corrected chi connectivity index (χ1v) is 13.4. The normalized spacial score (nSPS) is 11.1. The number of fused-ring (bicyclic) bond motifs is 1. The zero-order chi connectivity index (χ0) is 28.8. The van der Waals surface area contributed by atoms with Crippen molar-refractivity contribution in [3.05, 3.63) is 108 Å². The Morgan fingerprint density at radius 3 is 2.48 bits per heavy atom. The van der Waals surface area contributed by atoms with Crippen molar-refractivity contribution in [3.63, 3.8) is 0 Å². The molecular formula is C29H20BrCl2N3O5. The summed E-state index contributed by atoms with van der Waals surface area (Å²) in [5, 5.41) is 25.1. The fourth-order valence-electron chi connectivity index (χ4n) is 3.92. The smallest absolute Gasteiger partial charge is 0.272 e. The molecule has 1 amide bonds. The van der Waals surface area contributed by atoms with E-state index in [0.29, 0.717) is 28.1 Å². The summed E-state index contributed by atoms with van der Waals surface area (Å²) in [5.41, 5.74) is 0.849. The van der Waals surface area contributed by atoms with Crippen LogP contribution in [0.5, 0.6) is 11.5 Å². The maximum Gasteiger partial charge on any atom is 0.272 e. The van der Waals surface area contributed by atoms with E-state index in [2.05, 4.69) is 21.2 Å². The number of nitriles is 1. The van der Waals surface area contributed by atoms with Gasteiger partial charge in [-0.05, 0) is 63.0 Å². The van der Waals surface area contributed by atoms with Gasteiger partial charge in [0.15, 0.2) is 11.5 Å². The number of rotatable bonds is 9. The molecule has 0 aliphatic rings. The fourth-order valence-corrected chi connectivity index (χ4v) is 5.07. The molecule has 202 valence electrons. The number of hydrogen-bond acceptors (Lipinski definition) is 6. The van der Waals surface area contributed by atoms with Gasteiger partial charge in [-0.1, -0.05) is 65.7 Å². The van der Waals surface area contributed by atoms with Crippen LogP contribution < -0.4 is 14.8 Å². The van der Waals surface area contributed by atoms with Gasteiger partial charge in [-0.25, -0.2) is 0 Å². The van der Waals surface area contributed by atoms with Crippen LogP contribution in [0.25, 0.3) is 16.8 Å². The second kappa shape index (κ2) is 12.8. The summed E-state index contributed by atoms with van der Waals surface area (Å²) < 4.78 is 12.5. The number of nitrogens with zero attached hydrogens (tertiary/aromatic N) is 2. The molecular weight excluding hydrogens is 621 g/mol. The molecule has 0 saturated heterocycles. The van der Waals surface area contributed by atoms with E-state index >= 15 is 0 Å². The molecule has 4 aromatic carbocycles. The summed E-state index contributed by atoms with van der Waals surface area (Å²) in [6.07, 6.45) is 1.37. The van der Waals surface area contributed by atoms with Crippen molar-refractivity contribution in [1.29, 1.82) is 5.26 Å². The van der Waals surface area contributed by atoms with E-state index in [1.54, 1.807) is 12.1 Å². The summed E-state index contributed by atoms with van der Waals surface area (Å²) in [6.45, 7) is 2.47. The minimum Gasteiger partial charge on any atom is -0.490 e. The summed E-state index contributed by atoms with van der Waals surface area (Å²) in [6, 6.07) is 21.3. The topological polar surface area (TPSA) is 114 Å². The van der Waals surface area contributed by atoms with Gasteiger partial charge in [0, 0.05) is 12.1 Å². The van der Waals surface area contributed by atoms with Crippen LogP contribution in [0.3, 0.4) is 0 Å². The molecule has 1 N–H and O–H groups in total. The highest BCUT2D eigenvalue weighted by Crippen LogP contribution is 2.39. The number of nitro groups is 1. The summed E-state index contributed by atoms with van der Waals surface area (Å²) in [5.74, 6) is 0.0902. The fraction of sp³-hybridized carbons (Fsp3) is 0.103. The molecule has 0 bridgehead atoms. The number of ether oxygens (including phenoxy) is 2. The SMILES string of the molecule is CCOc1cc(/C=C(\C#N)C(=O)Nc2c(Cl)cc([N+](=O)[O-])cc2Cl)cc(Br)c1OCc1cccc2ccccc12. The van der Waals surface area contributed by atoms with Crippen molar-refractivity contribution in [2.75, 3.05) is 11.9 Å². The van der Waals surface area contributed by atoms with Crippen LogP contribution in [0.2, 0.25) is 10.0 Å². The van der Waals surface area contributed by atoms with Crippen molar-refractivity contribution in [3.8, 4) is 17.6 Å². The van der Waals surface area contributed by atoms with E-state index in [9.17, 15) is 20.2 Å². The predicted molar refractivity (Wildman–Crippen MR) is 159 cm³/mol. The van der Waals surface area contributed by atoms with Gasteiger partial charge in [0.25, 0.3) is 11.6 Å². The molecule has 0 atom stereocenters. The van der Waals surface area contributed by atoms with Gasteiger partial charge in [0.1, 0.15) is 18.2 Å². The van der Waals surface area contributed by atoms with Crippen molar-refractivity contribution in [2.45, 2.75) is 13.5 Å². The highest BCUT2D eigenvalue weighted by molar-refractivity contribution is 9.10. The Bertz CT molecular complexity index is 1670. The second-order valence-electron chi connectivity index (χ2n) is 8.36. The van der Waals surface area contributed by atoms with Gasteiger partial charge in [-0.3, -0.25) is 14.9 Å². The highest BCUT2D eigenvalue weighted by Gasteiger charge is 2.19. The van der Waals surface area contributed by atoms with Gasteiger partial charge < -0.3 is 14.8 Å². The molecule has 0 aliphatic heterocycles. The van der Waals surface area contributed by atoms with Gasteiger partial charge in [-0.2, -0.15) is 5.26 Å². The maximum absolute atomic E-state index is 12.9. The first kappa shape index (κ1) is 28.9. The third-order valence-corrected chi connectivity index (χ3v) is 6.92. The molecule has 0 aromatic heterocycles. The lowest BCUT2D eigenvalue weighted by Crippen LogP contribution is -2.14. The van der Waals surface area contributed by atoms with Crippen LogP contribution in [-0.4, -0.2) is 17.4 Å². The number of halogens is 3. The molecule has 40 heavy (non-hydrogen) atoms. The Morgan fingerprint density at radius 1 is 1.10 bits per heavy atom. The van der Waals surface area contributed by atoms with E-state index < -0.39 is 10.8 Å². The monoisotopic (exact) mass is 639 g/mol. The third kappa shape index (κ3) is 6.54. The van der Waals surface area contributed by atoms with E-state index in [1.165, 1.54) is 6.08 Å². The zero-order valence-electron chi connectivity index (χ0n) is 20.9. The third-order valence-electron chi connectivity index (χ3n) is 5.74. The first-order valence-electron chi connectivity index (χ1n) is 11.8. The molecule has 0 spiro atoms. The maximum atomic E-state index is 12.9. The first-order chi connectivity index (χ1) is 19.2. The number of anilines is 1. The number of hydrogen-bond donors (Lipinski definition) is 1. The van der Waals surface area contributed by atoms with E-state index in [0.717, 1.165) is 28.5 Å². The predicted octanol–water partition coefficient (Wildman–Crippen LogP) is 8.34. The Kier molecular flexibility index (Phi) is 9.27. The lowest BCUT2D eigenvalue weighted by atomic mass is 10.1. The van der Waals surface area contributed by atoms with Gasteiger partial charge >= 0.3 is 0 Å². The number of amides is 1. The molecule has 0 radical (unpaired) electrons. The van der Waals surface area contributed by atoms with Crippen molar-refractivity contribution in [2.24, 2.45) is 0 Å². The molecule has 0 unspecified atom stereocenters. The largest absolute Gasteiger partial charge is 0.490 e. The number of non-ortho nitro benzene ring substituents is 1.